The molecule has 0 aliphatic heterocycles. The molecule has 0 saturated heterocycles. The molecule has 1 unspecified atom stereocenters. The molecule has 1 aromatic carbocycles. The van der Waals surface area contributed by atoms with Crippen molar-refractivity contribution in [3.8, 4) is 5.75 Å². The summed E-state index contributed by atoms with van der Waals surface area (Å²) >= 11 is 1.70. The van der Waals surface area contributed by atoms with Gasteiger partial charge in [0.25, 0.3) is 0 Å². The molecular weight excluding hydrogens is 268 g/mol. The molecule has 1 aromatic heterocycles. The maximum absolute atomic E-state index is 10.4. The molecule has 0 spiro atoms. The van der Waals surface area contributed by atoms with Crippen LogP contribution in [0.2, 0.25) is 0 Å². The van der Waals surface area contributed by atoms with Crippen LogP contribution in [0.5, 0.6) is 5.75 Å². The zero-order valence-corrected chi connectivity index (χ0v) is 13.3. The van der Waals surface area contributed by atoms with Gasteiger partial charge in [-0.2, -0.15) is 0 Å². The van der Waals surface area contributed by atoms with E-state index < -0.39 is 6.10 Å². The molecule has 0 aliphatic rings. The van der Waals surface area contributed by atoms with Crippen LogP contribution in [0.15, 0.2) is 36.4 Å². The van der Waals surface area contributed by atoms with Crippen LogP contribution >= 0.6 is 11.3 Å². The van der Waals surface area contributed by atoms with Gasteiger partial charge in [-0.15, -0.1) is 11.3 Å². The molecule has 0 radical (unpaired) electrons. The van der Waals surface area contributed by atoms with E-state index in [1.165, 1.54) is 4.88 Å². The Kier molecular flexibility index (Phi) is 4.51. The van der Waals surface area contributed by atoms with Crippen molar-refractivity contribution in [2.75, 3.05) is 7.11 Å². The third kappa shape index (κ3) is 3.62. The summed E-state index contributed by atoms with van der Waals surface area (Å²) in [6.45, 7) is 6.57. The molecular formula is C17H22O2S. The molecule has 2 nitrogen and oxygen atoms in total. The molecule has 1 N–H and O–H groups in total. The van der Waals surface area contributed by atoms with Gasteiger partial charge in [-0.25, -0.2) is 0 Å². The van der Waals surface area contributed by atoms with Crippen LogP contribution in [0.25, 0.3) is 0 Å². The minimum Gasteiger partial charge on any atom is -0.497 e. The van der Waals surface area contributed by atoms with E-state index in [1.807, 2.05) is 30.3 Å². The number of ether oxygens (including phenoxy) is 1. The predicted octanol–water partition coefficient (Wildman–Crippen LogP) is 4.33. The van der Waals surface area contributed by atoms with Crippen molar-refractivity contribution < 1.29 is 9.84 Å². The Balaban J connectivity index is 2.11. The lowest BCUT2D eigenvalue weighted by atomic mass is 9.95. The molecule has 3 heteroatoms. The standard InChI is InChI=1S/C17H22O2S/c1-17(2,3)16-9-8-15(20-16)14(18)11-12-6-5-7-13(10-12)19-4/h5-10,14,18H,11H2,1-4H3. The Morgan fingerprint density at radius 2 is 1.95 bits per heavy atom. The number of aliphatic hydroxyl groups is 1. The van der Waals surface area contributed by atoms with Crippen LogP contribution < -0.4 is 4.74 Å². The van der Waals surface area contributed by atoms with Gasteiger partial charge in [0.05, 0.1) is 13.2 Å². The summed E-state index contributed by atoms with van der Waals surface area (Å²) in [6.07, 6.45) is 0.157. The fourth-order valence-electron chi connectivity index (χ4n) is 2.06. The van der Waals surface area contributed by atoms with E-state index in [-0.39, 0.29) is 5.41 Å². The minimum atomic E-state index is -0.455. The van der Waals surface area contributed by atoms with Gasteiger partial charge in [-0.1, -0.05) is 32.9 Å². The van der Waals surface area contributed by atoms with Crippen molar-refractivity contribution in [1.82, 2.24) is 0 Å². The van der Waals surface area contributed by atoms with Crippen LogP contribution in [0, 0.1) is 0 Å². The normalized spacial score (nSPS) is 13.2. The zero-order valence-electron chi connectivity index (χ0n) is 12.5. The first-order valence-electron chi connectivity index (χ1n) is 6.81. The van der Waals surface area contributed by atoms with Crippen molar-refractivity contribution in [2.24, 2.45) is 0 Å². The summed E-state index contributed by atoms with van der Waals surface area (Å²) in [5, 5.41) is 10.4. The Bertz CT molecular complexity index is 566. The average Bonchev–Trinajstić information content (AvgIpc) is 2.88. The van der Waals surface area contributed by atoms with Gasteiger partial charge in [-0.3, -0.25) is 0 Å². The Hall–Kier alpha value is -1.32. The number of hydrogen-bond donors (Lipinski definition) is 1. The van der Waals surface area contributed by atoms with E-state index in [0.29, 0.717) is 6.42 Å². The van der Waals surface area contributed by atoms with Crippen molar-refractivity contribution in [2.45, 2.75) is 38.7 Å². The summed E-state index contributed by atoms with van der Waals surface area (Å²) in [7, 11) is 1.66. The summed E-state index contributed by atoms with van der Waals surface area (Å²) in [5.74, 6) is 0.830. The van der Waals surface area contributed by atoms with Gasteiger partial charge in [0, 0.05) is 16.2 Å². The molecule has 2 rings (SSSR count). The fourth-order valence-corrected chi connectivity index (χ4v) is 3.11. The highest BCUT2D eigenvalue weighted by Crippen LogP contribution is 2.33. The number of aliphatic hydroxyl groups excluding tert-OH is 1. The van der Waals surface area contributed by atoms with Crippen LogP contribution in [0.3, 0.4) is 0 Å². The monoisotopic (exact) mass is 290 g/mol. The first-order valence-corrected chi connectivity index (χ1v) is 7.63. The maximum Gasteiger partial charge on any atom is 0.119 e. The number of thiophene rings is 1. The van der Waals surface area contributed by atoms with Gasteiger partial charge in [0.15, 0.2) is 0 Å². The maximum atomic E-state index is 10.4. The molecule has 0 fully saturated rings. The SMILES string of the molecule is COc1cccc(CC(O)c2ccc(C(C)(C)C)s2)c1. The van der Waals surface area contributed by atoms with Crippen molar-refractivity contribution in [3.05, 3.63) is 51.7 Å². The smallest absolute Gasteiger partial charge is 0.119 e. The van der Waals surface area contributed by atoms with Crippen LogP contribution in [-0.2, 0) is 11.8 Å². The van der Waals surface area contributed by atoms with E-state index in [4.69, 9.17) is 4.74 Å². The molecule has 1 atom stereocenters. The second-order valence-corrected chi connectivity index (χ2v) is 7.14. The van der Waals surface area contributed by atoms with Gasteiger partial charge >= 0.3 is 0 Å². The topological polar surface area (TPSA) is 29.5 Å². The van der Waals surface area contributed by atoms with E-state index in [9.17, 15) is 5.11 Å². The number of methoxy groups -OCH3 is 1. The van der Waals surface area contributed by atoms with E-state index in [0.717, 1.165) is 16.2 Å². The minimum absolute atomic E-state index is 0.138. The second kappa shape index (κ2) is 5.98. The largest absolute Gasteiger partial charge is 0.497 e. The summed E-state index contributed by atoms with van der Waals surface area (Å²) in [4.78, 5) is 2.33. The molecule has 0 amide bonds. The van der Waals surface area contributed by atoms with Crippen LogP contribution in [0.1, 0.15) is 42.2 Å². The molecule has 0 aliphatic carbocycles. The van der Waals surface area contributed by atoms with Gasteiger partial charge in [0.2, 0.25) is 0 Å². The lowest BCUT2D eigenvalue weighted by Crippen LogP contribution is -2.07. The third-order valence-electron chi connectivity index (χ3n) is 3.26. The van der Waals surface area contributed by atoms with Gasteiger partial charge < -0.3 is 9.84 Å². The summed E-state index contributed by atoms with van der Waals surface area (Å²) < 4.78 is 5.21. The van der Waals surface area contributed by atoms with E-state index in [1.54, 1.807) is 18.4 Å². The van der Waals surface area contributed by atoms with Gasteiger partial charge in [-0.05, 0) is 35.2 Å². The van der Waals surface area contributed by atoms with Crippen molar-refractivity contribution in [3.63, 3.8) is 0 Å². The molecule has 108 valence electrons. The van der Waals surface area contributed by atoms with Gasteiger partial charge in [0.1, 0.15) is 5.75 Å². The number of rotatable bonds is 4. The highest BCUT2D eigenvalue weighted by Gasteiger charge is 2.19. The average molecular weight is 290 g/mol. The quantitative estimate of drug-likeness (QED) is 0.908. The Labute approximate surface area is 125 Å². The molecule has 20 heavy (non-hydrogen) atoms. The Morgan fingerprint density at radius 3 is 2.55 bits per heavy atom. The van der Waals surface area contributed by atoms with Crippen LogP contribution in [-0.4, -0.2) is 12.2 Å². The molecule has 0 bridgehead atoms. The molecule has 0 saturated carbocycles. The molecule has 1 heterocycles. The van der Waals surface area contributed by atoms with E-state index in [2.05, 4.69) is 26.8 Å². The summed E-state index contributed by atoms with van der Waals surface area (Å²) in [5.41, 5.74) is 1.22. The lowest BCUT2D eigenvalue weighted by Gasteiger charge is -2.15. The molecule has 2 aromatic rings. The summed E-state index contributed by atoms with van der Waals surface area (Å²) in [6, 6.07) is 12.0. The fraction of sp³-hybridized carbons (Fsp3) is 0.412. The second-order valence-electron chi connectivity index (χ2n) is 6.02. The number of hydrogen-bond acceptors (Lipinski definition) is 3. The highest BCUT2D eigenvalue weighted by molar-refractivity contribution is 7.12. The van der Waals surface area contributed by atoms with Crippen molar-refractivity contribution >= 4 is 11.3 Å². The van der Waals surface area contributed by atoms with Crippen LogP contribution in [0.4, 0.5) is 0 Å². The van der Waals surface area contributed by atoms with Crippen molar-refractivity contribution in [1.29, 1.82) is 0 Å². The van der Waals surface area contributed by atoms with E-state index >= 15 is 0 Å². The third-order valence-corrected chi connectivity index (χ3v) is 4.87. The first-order chi connectivity index (χ1) is 9.40. The zero-order chi connectivity index (χ0) is 14.8. The predicted molar refractivity (Wildman–Crippen MR) is 84.7 cm³/mol. The first kappa shape index (κ1) is 15.1. The highest BCUT2D eigenvalue weighted by atomic mass is 32.1. The Morgan fingerprint density at radius 1 is 1.20 bits per heavy atom. The number of benzene rings is 1. The lowest BCUT2D eigenvalue weighted by molar-refractivity contribution is 0.182.